The lowest BCUT2D eigenvalue weighted by Crippen LogP contribution is -2.23. The van der Waals surface area contributed by atoms with Crippen molar-refractivity contribution in [3.63, 3.8) is 0 Å². The van der Waals surface area contributed by atoms with Crippen LogP contribution in [0.4, 0.5) is 0 Å². The summed E-state index contributed by atoms with van der Waals surface area (Å²) in [5, 5.41) is 4.08. The van der Waals surface area contributed by atoms with Crippen LogP contribution in [0.15, 0.2) is 44.2 Å². The molecule has 2 heterocycles. The fourth-order valence-corrected chi connectivity index (χ4v) is 2.71. The highest BCUT2D eigenvalue weighted by molar-refractivity contribution is 6.33. The molecule has 0 radical (unpaired) electrons. The molecule has 0 fully saturated rings. The Morgan fingerprint density at radius 1 is 1.30 bits per heavy atom. The first-order valence-electron chi connectivity index (χ1n) is 7.01. The van der Waals surface area contributed by atoms with Gasteiger partial charge < -0.3 is 14.2 Å². The van der Waals surface area contributed by atoms with Gasteiger partial charge in [0.25, 0.3) is 5.91 Å². The second-order valence-electron chi connectivity index (χ2n) is 5.26. The summed E-state index contributed by atoms with van der Waals surface area (Å²) in [7, 11) is 0. The molecular weight excluding hydrogens is 318 g/mol. The van der Waals surface area contributed by atoms with Crippen LogP contribution in [-0.2, 0) is 6.54 Å². The second-order valence-corrected chi connectivity index (χ2v) is 5.63. The maximum Gasteiger partial charge on any atom is 0.336 e. The highest BCUT2D eigenvalue weighted by atomic mass is 35.5. The normalized spacial score (nSPS) is 10.9. The Morgan fingerprint density at radius 3 is 2.78 bits per heavy atom. The number of aryl methyl sites for hydroxylation is 2. The molecule has 1 amide bonds. The number of fused-ring (bicyclic) bond motifs is 1. The molecule has 3 rings (SSSR count). The molecule has 118 valence electrons. The Bertz CT molecular complexity index is 941. The molecule has 0 spiro atoms. The molecule has 0 aliphatic rings. The minimum Gasteiger partial charge on any atom is -0.459 e. The van der Waals surface area contributed by atoms with Crippen molar-refractivity contribution in [3.05, 3.63) is 68.4 Å². The van der Waals surface area contributed by atoms with Crippen LogP contribution in [0, 0.1) is 13.8 Å². The third-order valence-corrected chi connectivity index (χ3v) is 4.23. The summed E-state index contributed by atoms with van der Waals surface area (Å²) in [6.07, 6.45) is 1.42. The predicted molar refractivity (Wildman–Crippen MR) is 86.8 cm³/mol. The smallest absolute Gasteiger partial charge is 0.336 e. The van der Waals surface area contributed by atoms with Crippen LogP contribution >= 0.6 is 11.6 Å². The summed E-state index contributed by atoms with van der Waals surface area (Å²) in [5.74, 6) is -0.143. The van der Waals surface area contributed by atoms with E-state index < -0.39 is 5.63 Å². The summed E-state index contributed by atoms with van der Waals surface area (Å²) in [6.45, 7) is 3.87. The standard InChI is InChI=1S/C17H14ClNO4/c1-9-6-13-15(10(2)16(9)18)11(7-14(20)23-13)8-19-17(21)12-4-3-5-22-12/h3-7H,8H2,1-2H3,(H,19,21). The Morgan fingerprint density at radius 2 is 2.09 bits per heavy atom. The molecule has 5 nitrogen and oxygen atoms in total. The number of benzene rings is 1. The number of halogens is 1. The van der Waals surface area contributed by atoms with Crippen molar-refractivity contribution in [3.8, 4) is 0 Å². The van der Waals surface area contributed by atoms with Crippen molar-refractivity contribution in [1.82, 2.24) is 5.32 Å². The zero-order valence-corrected chi connectivity index (χ0v) is 13.4. The summed E-state index contributed by atoms with van der Waals surface area (Å²) >= 11 is 6.29. The van der Waals surface area contributed by atoms with Crippen molar-refractivity contribution >= 4 is 28.5 Å². The number of furan rings is 1. The molecule has 3 aromatic rings. The van der Waals surface area contributed by atoms with Gasteiger partial charge in [0.2, 0.25) is 0 Å². The minimum atomic E-state index is -0.471. The van der Waals surface area contributed by atoms with Crippen LogP contribution < -0.4 is 10.9 Å². The molecule has 0 saturated heterocycles. The number of hydrogen-bond acceptors (Lipinski definition) is 4. The van der Waals surface area contributed by atoms with Crippen molar-refractivity contribution in [1.29, 1.82) is 0 Å². The zero-order chi connectivity index (χ0) is 16.6. The molecule has 0 saturated carbocycles. The van der Waals surface area contributed by atoms with Crippen molar-refractivity contribution in [2.24, 2.45) is 0 Å². The lowest BCUT2D eigenvalue weighted by Gasteiger charge is -2.11. The van der Waals surface area contributed by atoms with E-state index in [9.17, 15) is 9.59 Å². The van der Waals surface area contributed by atoms with Gasteiger partial charge in [-0.15, -0.1) is 0 Å². The van der Waals surface area contributed by atoms with Crippen LogP contribution in [0.1, 0.15) is 27.2 Å². The second kappa shape index (κ2) is 5.93. The van der Waals surface area contributed by atoms with Gasteiger partial charge >= 0.3 is 5.63 Å². The first-order chi connectivity index (χ1) is 11.0. The molecule has 1 aromatic carbocycles. The van der Waals surface area contributed by atoms with Gasteiger partial charge in [-0.05, 0) is 48.7 Å². The fourth-order valence-electron chi connectivity index (χ4n) is 2.56. The van der Waals surface area contributed by atoms with E-state index in [1.54, 1.807) is 18.2 Å². The average molecular weight is 332 g/mol. The third-order valence-electron chi connectivity index (χ3n) is 3.65. The molecule has 6 heteroatoms. The summed E-state index contributed by atoms with van der Waals surface area (Å²) in [4.78, 5) is 23.7. The lowest BCUT2D eigenvalue weighted by molar-refractivity contribution is 0.0923. The van der Waals surface area contributed by atoms with Gasteiger partial charge in [0.15, 0.2) is 5.76 Å². The number of amides is 1. The van der Waals surface area contributed by atoms with E-state index in [-0.39, 0.29) is 18.2 Å². The van der Waals surface area contributed by atoms with E-state index in [0.717, 1.165) is 16.5 Å². The Kier molecular flexibility index (Phi) is 3.96. The molecule has 0 bridgehead atoms. The number of nitrogens with one attached hydrogen (secondary N) is 1. The van der Waals surface area contributed by atoms with Gasteiger partial charge in [0, 0.05) is 23.0 Å². The zero-order valence-electron chi connectivity index (χ0n) is 12.6. The summed E-state index contributed by atoms with van der Waals surface area (Å²) < 4.78 is 10.3. The summed E-state index contributed by atoms with van der Waals surface area (Å²) in [6, 6.07) is 6.29. The first-order valence-corrected chi connectivity index (χ1v) is 7.39. The molecule has 0 atom stereocenters. The maximum absolute atomic E-state index is 12.0. The lowest BCUT2D eigenvalue weighted by atomic mass is 10.0. The maximum atomic E-state index is 12.0. The van der Waals surface area contributed by atoms with Crippen molar-refractivity contribution in [2.45, 2.75) is 20.4 Å². The van der Waals surface area contributed by atoms with Crippen LogP contribution in [-0.4, -0.2) is 5.91 Å². The van der Waals surface area contributed by atoms with Gasteiger partial charge in [-0.3, -0.25) is 4.79 Å². The van der Waals surface area contributed by atoms with Gasteiger partial charge in [-0.1, -0.05) is 11.6 Å². The quantitative estimate of drug-likeness (QED) is 0.744. The molecule has 0 aliphatic carbocycles. The molecule has 0 unspecified atom stereocenters. The van der Waals surface area contributed by atoms with Crippen LogP contribution in [0.2, 0.25) is 5.02 Å². The number of carbonyl (C=O) groups is 1. The molecule has 0 aliphatic heterocycles. The Balaban J connectivity index is 2.01. The van der Waals surface area contributed by atoms with E-state index >= 15 is 0 Å². The van der Waals surface area contributed by atoms with Gasteiger partial charge in [-0.25, -0.2) is 4.79 Å². The SMILES string of the molecule is Cc1cc2oc(=O)cc(CNC(=O)c3ccco3)c2c(C)c1Cl. The Hall–Kier alpha value is -2.53. The van der Waals surface area contributed by atoms with Crippen LogP contribution in [0.3, 0.4) is 0 Å². The topological polar surface area (TPSA) is 72.5 Å². The van der Waals surface area contributed by atoms with Crippen molar-refractivity contribution < 1.29 is 13.6 Å². The molecule has 2 aromatic heterocycles. The van der Waals surface area contributed by atoms with E-state index in [1.165, 1.54) is 12.3 Å². The van der Waals surface area contributed by atoms with Crippen LogP contribution in [0.5, 0.6) is 0 Å². The number of hydrogen-bond donors (Lipinski definition) is 1. The monoisotopic (exact) mass is 331 g/mol. The van der Waals surface area contributed by atoms with Crippen LogP contribution in [0.25, 0.3) is 11.0 Å². The summed E-state index contributed by atoms with van der Waals surface area (Å²) in [5.41, 5.74) is 2.28. The predicted octanol–water partition coefficient (Wildman–Crippen LogP) is 3.59. The first kappa shape index (κ1) is 15.4. The fraction of sp³-hybridized carbons (Fsp3) is 0.176. The van der Waals surface area contributed by atoms with Gasteiger partial charge in [-0.2, -0.15) is 0 Å². The van der Waals surface area contributed by atoms with Gasteiger partial charge in [0.05, 0.1) is 6.26 Å². The van der Waals surface area contributed by atoms with E-state index in [4.69, 9.17) is 20.4 Å². The average Bonchev–Trinajstić information content (AvgIpc) is 3.04. The Labute approximate surface area is 136 Å². The number of rotatable bonds is 3. The molecule has 1 N–H and O–H groups in total. The van der Waals surface area contributed by atoms with E-state index in [1.807, 2.05) is 13.8 Å². The van der Waals surface area contributed by atoms with E-state index in [0.29, 0.717) is 16.2 Å². The largest absolute Gasteiger partial charge is 0.459 e. The third kappa shape index (κ3) is 2.87. The molecule has 23 heavy (non-hydrogen) atoms. The molecular formula is C17H14ClNO4. The minimum absolute atomic E-state index is 0.169. The highest BCUT2D eigenvalue weighted by Gasteiger charge is 2.14. The van der Waals surface area contributed by atoms with E-state index in [2.05, 4.69) is 5.32 Å². The van der Waals surface area contributed by atoms with Crippen molar-refractivity contribution in [2.75, 3.05) is 0 Å². The van der Waals surface area contributed by atoms with Gasteiger partial charge in [0.1, 0.15) is 5.58 Å². The highest BCUT2D eigenvalue weighted by Crippen LogP contribution is 2.30. The number of carbonyl (C=O) groups excluding carboxylic acids is 1.